The molecule has 0 fully saturated rings. The zero-order valence-electron chi connectivity index (χ0n) is 8.50. The Kier molecular flexibility index (Phi) is 3.12. The summed E-state index contributed by atoms with van der Waals surface area (Å²) in [6.45, 7) is 5.91. The molecule has 3 nitrogen and oxygen atoms in total. The molecule has 0 spiro atoms. The van der Waals surface area contributed by atoms with Gasteiger partial charge in [-0.1, -0.05) is 0 Å². The van der Waals surface area contributed by atoms with Crippen LogP contribution in [0.4, 0.5) is 0 Å². The molecule has 1 aromatic heterocycles. The predicted molar refractivity (Wildman–Crippen MR) is 51.3 cm³/mol. The van der Waals surface area contributed by atoms with Gasteiger partial charge in [0.2, 0.25) is 5.88 Å². The van der Waals surface area contributed by atoms with E-state index in [4.69, 9.17) is 9.47 Å². The summed E-state index contributed by atoms with van der Waals surface area (Å²) in [5, 5.41) is 0. The highest BCUT2D eigenvalue weighted by Crippen LogP contribution is 2.20. The molecule has 0 atom stereocenters. The summed E-state index contributed by atoms with van der Waals surface area (Å²) in [6.07, 6.45) is 1.81. The third-order valence-corrected chi connectivity index (χ3v) is 1.59. The molecule has 0 aromatic carbocycles. The molecule has 0 radical (unpaired) electrons. The second-order valence-electron chi connectivity index (χ2n) is 3.16. The second-order valence-corrected chi connectivity index (χ2v) is 3.16. The van der Waals surface area contributed by atoms with Gasteiger partial charge < -0.3 is 9.47 Å². The normalized spacial score (nSPS) is 10.2. The van der Waals surface area contributed by atoms with Crippen molar-refractivity contribution in [2.45, 2.75) is 26.9 Å². The molecule has 3 heteroatoms. The average molecular weight is 181 g/mol. The number of ether oxygens (including phenoxy) is 2. The number of aromatic nitrogens is 1. The minimum atomic E-state index is 0.152. The topological polar surface area (TPSA) is 31.4 Å². The van der Waals surface area contributed by atoms with Gasteiger partial charge in [0.1, 0.15) is 5.75 Å². The van der Waals surface area contributed by atoms with Crippen LogP contribution in [0, 0.1) is 6.92 Å². The van der Waals surface area contributed by atoms with Crippen molar-refractivity contribution in [1.82, 2.24) is 4.98 Å². The maximum atomic E-state index is 5.48. The van der Waals surface area contributed by atoms with Crippen LogP contribution in [0.1, 0.15) is 19.4 Å². The van der Waals surface area contributed by atoms with Crippen molar-refractivity contribution in [2.75, 3.05) is 7.11 Å². The SMILES string of the molecule is COc1cnc(OC(C)C)c(C)c1. The summed E-state index contributed by atoms with van der Waals surface area (Å²) < 4.78 is 10.5. The summed E-state index contributed by atoms with van der Waals surface area (Å²) in [7, 11) is 1.62. The first-order chi connectivity index (χ1) is 6.13. The number of hydrogen-bond acceptors (Lipinski definition) is 3. The zero-order valence-corrected chi connectivity index (χ0v) is 8.50. The van der Waals surface area contributed by atoms with Gasteiger partial charge in [0, 0.05) is 5.56 Å². The number of nitrogens with zero attached hydrogens (tertiary/aromatic N) is 1. The van der Waals surface area contributed by atoms with Crippen LogP contribution in [0.25, 0.3) is 0 Å². The van der Waals surface area contributed by atoms with E-state index in [0.717, 1.165) is 11.3 Å². The van der Waals surface area contributed by atoms with Crippen LogP contribution in [0.15, 0.2) is 12.3 Å². The lowest BCUT2D eigenvalue weighted by atomic mass is 10.3. The van der Waals surface area contributed by atoms with Crippen LogP contribution in [0.5, 0.6) is 11.6 Å². The molecule has 72 valence electrons. The summed E-state index contributed by atoms with van der Waals surface area (Å²) >= 11 is 0. The highest BCUT2D eigenvalue weighted by molar-refractivity contribution is 5.32. The Morgan fingerprint density at radius 2 is 2.08 bits per heavy atom. The molecule has 0 saturated heterocycles. The zero-order chi connectivity index (χ0) is 9.84. The minimum absolute atomic E-state index is 0.152. The van der Waals surface area contributed by atoms with Crippen LogP contribution in [0.2, 0.25) is 0 Å². The van der Waals surface area contributed by atoms with Crippen molar-refractivity contribution in [3.63, 3.8) is 0 Å². The Hall–Kier alpha value is -1.25. The predicted octanol–water partition coefficient (Wildman–Crippen LogP) is 2.19. The first-order valence-electron chi connectivity index (χ1n) is 4.30. The van der Waals surface area contributed by atoms with Gasteiger partial charge in [-0.15, -0.1) is 0 Å². The Labute approximate surface area is 78.7 Å². The van der Waals surface area contributed by atoms with E-state index < -0.39 is 0 Å². The van der Waals surface area contributed by atoms with Gasteiger partial charge in [-0.3, -0.25) is 0 Å². The quantitative estimate of drug-likeness (QED) is 0.716. The van der Waals surface area contributed by atoms with E-state index in [-0.39, 0.29) is 6.10 Å². The lowest BCUT2D eigenvalue weighted by Crippen LogP contribution is -2.08. The van der Waals surface area contributed by atoms with Crippen LogP contribution in [0.3, 0.4) is 0 Å². The van der Waals surface area contributed by atoms with E-state index in [1.807, 2.05) is 26.8 Å². The van der Waals surface area contributed by atoms with Gasteiger partial charge in [0.25, 0.3) is 0 Å². The fourth-order valence-corrected chi connectivity index (χ4v) is 0.995. The average Bonchev–Trinajstić information content (AvgIpc) is 2.08. The summed E-state index contributed by atoms with van der Waals surface area (Å²) in [5.41, 5.74) is 0.994. The molecular weight excluding hydrogens is 166 g/mol. The smallest absolute Gasteiger partial charge is 0.216 e. The van der Waals surface area contributed by atoms with E-state index in [2.05, 4.69) is 4.98 Å². The van der Waals surface area contributed by atoms with E-state index in [1.54, 1.807) is 13.3 Å². The van der Waals surface area contributed by atoms with Crippen molar-refractivity contribution in [2.24, 2.45) is 0 Å². The molecule has 1 rings (SSSR count). The first kappa shape index (κ1) is 9.84. The molecule has 0 aliphatic heterocycles. The van der Waals surface area contributed by atoms with Crippen molar-refractivity contribution in [3.05, 3.63) is 17.8 Å². The third-order valence-electron chi connectivity index (χ3n) is 1.59. The maximum absolute atomic E-state index is 5.48. The van der Waals surface area contributed by atoms with Gasteiger partial charge in [-0.25, -0.2) is 4.98 Å². The molecule has 1 heterocycles. The summed E-state index contributed by atoms with van der Waals surface area (Å²) in [5.74, 6) is 1.43. The summed E-state index contributed by atoms with van der Waals surface area (Å²) in [6, 6.07) is 1.91. The standard InChI is InChI=1S/C10H15NO2/c1-7(2)13-10-8(3)5-9(12-4)6-11-10/h5-7H,1-4H3. The van der Waals surface area contributed by atoms with E-state index in [0.29, 0.717) is 5.88 Å². The monoisotopic (exact) mass is 181 g/mol. The lowest BCUT2D eigenvalue weighted by Gasteiger charge is -2.11. The van der Waals surface area contributed by atoms with Crippen molar-refractivity contribution < 1.29 is 9.47 Å². The van der Waals surface area contributed by atoms with Gasteiger partial charge in [0.15, 0.2) is 0 Å². The molecule has 0 aliphatic carbocycles. The Bertz CT molecular complexity index is 284. The number of methoxy groups -OCH3 is 1. The number of rotatable bonds is 3. The Morgan fingerprint density at radius 1 is 1.38 bits per heavy atom. The van der Waals surface area contributed by atoms with Crippen molar-refractivity contribution in [3.8, 4) is 11.6 Å². The van der Waals surface area contributed by atoms with E-state index >= 15 is 0 Å². The van der Waals surface area contributed by atoms with Crippen LogP contribution in [-0.4, -0.2) is 18.2 Å². The third kappa shape index (κ3) is 2.61. The fraction of sp³-hybridized carbons (Fsp3) is 0.500. The molecule has 0 amide bonds. The van der Waals surface area contributed by atoms with Crippen LogP contribution < -0.4 is 9.47 Å². The molecule has 0 unspecified atom stereocenters. The molecule has 0 saturated carbocycles. The molecule has 0 N–H and O–H groups in total. The Balaban J connectivity index is 2.85. The van der Waals surface area contributed by atoms with Gasteiger partial charge in [-0.05, 0) is 26.8 Å². The van der Waals surface area contributed by atoms with Gasteiger partial charge >= 0.3 is 0 Å². The van der Waals surface area contributed by atoms with Crippen molar-refractivity contribution in [1.29, 1.82) is 0 Å². The van der Waals surface area contributed by atoms with Crippen LogP contribution >= 0.6 is 0 Å². The largest absolute Gasteiger partial charge is 0.495 e. The molecule has 0 aliphatic rings. The maximum Gasteiger partial charge on any atom is 0.216 e. The van der Waals surface area contributed by atoms with E-state index in [9.17, 15) is 0 Å². The van der Waals surface area contributed by atoms with Crippen LogP contribution in [-0.2, 0) is 0 Å². The van der Waals surface area contributed by atoms with Crippen molar-refractivity contribution >= 4 is 0 Å². The molecular formula is C10H15NO2. The fourth-order valence-electron chi connectivity index (χ4n) is 0.995. The highest BCUT2D eigenvalue weighted by atomic mass is 16.5. The molecule has 13 heavy (non-hydrogen) atoms. The number of pyridine rings is 1. The Morgan fingerprint density at radius 3 is 2.54 bits per heavy atom. The lowest BCUT2D eigenvalue weighted by molar-refractivity contribution is 0.230. The molecule has 1 aromatic rings. The van der Waals surface area contributed by atoms with Gasteiger partial charge in [0.05, 0.1) is 19.4 Å². The number of hydrogen-bond donors (Lipinski definition) is 0. The first-order valence-corrected chi connectivity index (χ1v) is 4.30. The molecule has 0 bridgehead atoms. The minimum Gasteiger partial charge on any atom is -0.495 e. The highest BCUT2D eigenvalue weighted by Gasteiger charge is 2.04. The summed E-state index contributed by atoms with van der Waals surface area (Å²) in [4.78, 5) is 4.14. The van der Waals surface area contributed by atoms with Gasteiger partial charge in [-0.2, -0.15) is 0 Å². The number of aryl methyl sites for hydroxylation is 1. The second kappa shape index (κ2) is 4.12. The van der Waals surface area contributed by atoms with E-state index in [1.165, 1.54) is 0 Å².